The minimum atomic E-state index is -0.755. The van der Waals surface area contributed by atoms with Crippen LogP contribution in [0.4, 0.5) is 5.69 Å². The summed E-state index contributed by atoms with van der Waals surface area (Å²) in [6.45, 7) is 0. The largest absolute Gasteiger partial charge is 0.323 e. The van der Waals surface area contributed by atoms with E-state index in [1.54, 1.807) is 18.2 Å². The molecular weight excluding hydrogens is 282 g/mol. The first-order valence-electron chi connectivity index (χ1n) is 5.35. The van der Waals surface area contributed by atoms with Crippen molar-refractivity contribution in [3.05, 3.63) is 28.2 Å². The summed E-state index contributed by atoms with van der Waals surface area (Å²) in [4.78, 5) is 11.9. The van der Waals surface area contributed by atoms with Crippen molar-refractivity contribution >= 4 is 27.5 Å². The van der Waals surface area contributed by atoms with E-state index in [4.69, 9.17) is 11.0 Å². The molecule has 4 nitrogen and oxygen atoms in total. The Morgan fingerprint density at radius 1 is 1.53 bits per heavy atom. The second-order valence-corrected chi connectivity index (χ2v) is 5.18. The fourth-order valence-corrected chi connectivity index (χ4v) is 2.11. The van der Waals surface area contributed by atoms with Gasteiger partial charge in [0.1, 0.15) is 6.07 Å². The van der Waals surface area contributed by atoms with Gasteiger partial charge in [-0.2, -0.15) is 5.26 Å². The number of hydrogen-bond acceptors (Lipinski definition) is 3. The van der Waals surface area contributed by atoms with Crippen LogP contribution in [-0.4, -0.2) is 11.4 Å². The highest BCUT2D eigenvalue weighted by Gasteiger charge is 2.40. The Balaban J connectivity index is 2.21. The van der Waals surface area contributed by atoms with Gasteiger partial charge in [0.05, 0.1) is 16.8 Å². The van der Waals surface area contributed by atoms with Gasteiger partial charge in [-0.25, -0.2) is 0 Å². The third kappa shape index (κ3) is 2.33. The molecule has 0 atom stereocenters. The number of rotatable bonds is 2. The second kappa shape index (κ2) is 4.47. The van der Waals surface area contributed by atoms with Gasteiger partial charge in [0.2, 0.25) is 5.91 Å². The van der Waals surface area contributed by atoms with E-state index in [9.17, 15) is 4.79 Å². The molecule has 1 amide bonds. The molecule has 0 spiro atoms. The Hall–Kier alpha value is -1.38. The van der Waals surface area contributed by atoms with Crippen molar-refractivity contribution in [2.75, 3.05) is 5.32 Å². The van der Waals surface area contributed by atoms with Crippen molar-refractivity contribution in [3.8, 4) is 6.07 Å². The molecule has 88 valence electrons. The fraction of sp³-hybridized carbons (Fsp3) is 0.333. The lowest BCUT2D eigenvalue weighted by Crippen LogP contribution is -2.56. The molecule has 1 aromatic carbocycles. The van der Waals surface area contributed by atoms with Crippen LogP contribution >= 0.6 is 15.9 Å². The molecule has 1 aromatic rings. The number of nitrogens with one attached hydrogen (secondary N) is 1. The number of halogens is 1. The van der Waals surface area contributed by atoms with Crippen LogP contribution in [0, 0.1) is 11.3 Å². The summed E-state index contributed by atoms with van der Waals surface area (Å²) < 4.78 is 0.812. The molecule has 3 N–H and O–H groups in total. The van der Waals surface area contributed by atoms with Crippen LogP contribution < -0.4 is 11.1 Å². The zero-order valence-electron chi connectivity index (χ0n) is 9.16. The molecule has 2 rings (SSSR count). The van der Waals surface area contributed by atoms with Crippen molar-refractivity contribution in [3.63, 3.8) is 0 Å². The molecule has 5 heteroatoms. The lowest BCUT2D eigenvalue weighted by molar-refractivity contribution is -0.123. The van der Waals surface area contributed by atoms with E-state index in [0.717, 1.165) is 10.9 Å². The quantitative estimate of drug-likeness (QED) is 0.877. The van der Waals surface area contributed by atoms with Crippen LogP contribution in [0.3, 0.4) is 0 Å². The van der Waals surface area contributed by atoms with Crippen LogP contribution in [-0.2, 0) is 4.79 Å². The molecular formula is C12H12BrN3O. The van der Waals surface area contributed by atoms with Crippen LogP contribution in [0.2, 0.25) is 0 Å². The highest BCUT2D eigenvalue weighted by molar-refractivity contribution is 9.10. The van der Waals surface area contributed by atoms with Gasteiger partial charge in [-0.1, -0.05) is 15.9 Å². The van der Waals surface area contributed by atoms with Gasteiger partial charge < -0.3 is 11.1 Å². The minimum absolute atomic E-state index is 0.210. The second-order valence-electron chi connectivity index (χ2n) is 4.27. The third-order valence-corrected chi connectivity index (χ3v) is 3.54. The molecule has 1 aliphatic carbocycles. The van der Waals surface area contributed by atoms with Gasteiger partial charge in [-0.3, -0.25) is 4.79 Å². The highest BCUT2D eigenvalue weighted by atomic mass is 79.9. The van der Waals surface area contributed by atoms with Gasteiger partial charge in [0.15, 0.2) is 0 Å². The zero-order valence-corrected chi connectivity index (χ0v) is 10.8. The molecule has 0 bridgehead atoms. The van der Waals surface area contributed by atoms with Crippen molar-refractivity contribution in [1.82, 2.24) is 0 Å². The van der Waals surface area contributed by atoms with Gasteiger partial charge in [0.25, 0.3) is 0 Å². The van der Waals surface area contributed by atoms with E-state index in [1.165, 1.54) is 0 Å². The number of hydrogen-bond donors (Lipinski definition) is 2. The molecule has 17 heavy (non-hydrogen) atoms. The predicted molar refractivity (Wildman–Crippen MR) is 68.3 cm³/mol. The summed E-state index contributed by atoms with van der Waals surface area (Å²) in [7, 11) is 0. The van der Waals surface area contributed by atoms with E-state index in [0.29, 0.717) is 24.1 Å². The molecule has 1 saturated carbocycles. The van der Waals surface area contributed by atoms with Crippen molar-refractivity contribution in [2.45, 2.75) is 24.8 Å². The smallest absolute Gasteiger partial charge is 0.244 e. The average molecular weight is 294 g/mol. The topological polar surface area (TPSA) is 78.9 Å². The Morgan fingerprint density at radius 3 is 2.76 bits per heavy atom. The summed E-state index contributed by atoms with van der Waals surface area (Å²) in [6.07, 6.45) is 2.39. The van der Waals surface area contributed by atoms with E-state index < -0.39 is 5.54 Å². The first-order chi connectivity index (χ1) is 8.05. The van der Waals surface area contributed by atoms with Gasteiger partial charge in [-0.15, -0.1) is 0 Å². The highest BCUT2D eigenvalue weighted by Crippen LogP contribution is 2.31. The van der Waals surface area contributed by atoms with Crippen molar-refractivity contribution in [2.24, 2.45) is 5.73 Å². The molecule has 1 fully saturated rings. The first-order valence-corrected chi connectivity index (χ1v) is 6.14. The van der Waals surface area contributed by atoms with Crippen LogP contribution in [0.15, 0.2) is 22.7 Å². The molecule has 1 aliphatic rings. The van der Waals surface area contributed by atoms with Gasteiger partial charge >= 0.3 is 0 Å². The van der Waals surface area contributed by atoms with Crippen molar-refractivity contribution < 1.29 is 4.79 Å². The summed E-state index contributed by atoms with van der Waals surface area (Å²) in [5.41, 5.74) is 6.10. The normalized spacial score (nSPS) is 16.8. The lowest BCUT2D eigenvalue weighted by atomic mass is 9.77. The van der Waals surface area contributed by atoms with E-state index in [1.807, 2.05) is 6.07 Å². The maximum Gasteiger partial charge on any atom is 0.244 e. The van der Waals surface area contributed by atoms with Crippen molar-refractivity contribution in [1.29, 1.82) is 5.26 Å². The molecule has 0 radical (unpaired) electrons. The summed E-state index contributed by atoms with van der Waals surface area (Å²) >= 11 is 3.30. The van der Waals surface area contributed by atoms with Crippen LogP contribution in [0.1, 0.15) is 24.8 Å². The Morgan fingerprint density at radius 2 is 2.24 bits per heavy atom. The number of carbonyl (C=O) groups is 1. The lowest BCUT2D eigenvalue weighted by Gasteiger charge is -2.36. The monoisotopic (exact) mass is 293 g/mol. The van der Waals surface area contributed by atoms with Crippen LogP contribution in [0.25, 0.3) is 0 Å². The predicted octanol–water partition coefficient (Wildman–Crippen LogP) is 2.14. The number of nitrogens with zero attached hydrogens (tertiary/aromatic N) is 1. The van der Waals surface area contributed by atoms with Gasteiger partial charge in [-0.05, 0) is 37.5 Å². The maximum absolute atomic E-state index is 11.9. The number of carbonyl (C=O) groups excluding carboxylic acids is 1. The van der Waals surface area contributed by atoms with E-state index in [2.05, 4.69) is 21.2 Å². The fourth-order valence-electron chi connectivity index (χ4n) is 1.75. The summed E-state index contributed by atoms with van der Waals surface area (Å²) in [5, 5.41) is 11.7. The number of anilines is 1. The molecule has 0 aliphatic heterocycles. The standard InChI is InChI=1S/C12H12BrN3O/c13-9-3-2-8(7-14)10(6-9)16-11(17)12(15)4-1-5-12/h2-3,6H,1,4-5,15H2,(H,16,17). The Labute approximate surface area is 108 Å². The molecule has 0 saturated heterocycles. The summed E-state index contributed by atoms with van der Waals surface area (Å²) in [5.74, 6) is -0.210. The first kappa shape index (κ1) is 12.1. The zero-order chi connectivity index (χ0) is 12.5. The van der Waals surface area contributed by atoms with Gasteiger partial charge in [0, 0.05) is 4.47 Å². The Bertz CT molecular complexity index is 503. The SMILES string of the molecule is N#Cc1ccc(Br)cc1NC(=O)C1(N)CCC1. The average Bonchev–Trinajstić information content (AvgIpc) is 2.26. The number of nitriles is 1. The molecule has 0 unspecified atom stereocenters. The van der Waals surface area contributed by atoms with Crippen LogP contribution in [0.5, 0.6) is 0 Å². The minimum Gasteiger partial charge on any atom is -0.323 e. The maximum atomic E-state index is 11.9. The molecule has 0 aromatic heterocycles. The number of benzene rings is 1. The number of nitrogens with two attached hydrogens (primary N) is 1. The van der Waals surface area contributed by atoms with E-state index in [-0.39, 0.29) is 5.91 Å². The Kier molecular flexibility index (Phi) is 3.18. The molecule has 0 heterocycles. The van der Waals surface area contributed by atoms with E-state index >= 15 is 0 Å². The number of amides is 1. The summed E-state index contributed by atoms with van der Waals surface area (Å²) in [6, 6.07) is 7.16. The third-order valence-electron chi connectivity index (χ3n) is 3.05.